The third-order valence-electron chi connectivity index (χ3n) is 7.76. The number of phosphoric ester groups is 1. The van der Waals surface area contributed by atoms with E-state index in [1.54, 1.807) is 42.5 Å². The predicted octanol–water partition coefficient (Wildman–Crippen LogP) is 7.07. The van der Waals surface area contributed by atoms with Crippen molar-refractivity contribution in [3.05, 3.63) is 60.8 Å². The molecule has 0 saturated carbocycles. The Labute approximate surface area is 312 Å². The average Bonchev–Trinajstić information content (AvgIpc) is 3.11. The summed E-state index contributed by atoms with van der Waals surface area (Å²) in [7, 11) is -4.47. The lowest BCUT2D eigenvalue weighted by Crippen LogP contribution is -2.30. The first-order valence-corrected chi connectivity index (χ1v) is 20.6. The summed E-state index contributed by atoms with van der Waals surface area (Å²) in [6.07, 6.45) is 27.8. The largest absolute Gasteiger partial charge is 0.472 e. The van der Waals surface area contributed by atoms with Crippen molar-refractivity contribution in [1.82, 2.24) is 0 Å². The normalized spacial score (nSPS) is 15.9. The van der Waals surface area contributed by atoms with Gasteiger partial charge in [-0.2, -0.15) is 0 Å². The predicted molar refractivity (Wildman–Crippen MR) is 205 cm³/mol. The van der Waals surface area contributed by atoms with Crippen LogP contribution in [-0.4, -0.2) is 82.9 Å². The highest BCUT2D eigenvalue weighted by Gasteiger charge is 2.26. The second-order valence-electron chi connectivity index (χ2n) is 12.6. The van der Waals surface area contributed by atoms with Gasteiger partial charge in [0.25, 0.3) is 0 Å². The topological polar surface area (TPSA) is 195 Å². The van der Waals surface area contributed by atoms with Crippen LogP contribution in [0.3, 0.4) is 0 Å². The molecule has 0 aliphatic rings. The van der Waals surface area contributed by atoms with E-state index in [2.05, 4.69) is 6.92 Å². The van der Waals surface area contributed by atoms with Crippen LogP contribution in [0.1, 0.15) is 123 Å². The molecule has 0 aliphatic carbocycles. The lowest BCUT2D eigenvalue weighted by Gasteiger charge is -2.20. The van der Waals surface area contributed by atoms with E-state index in [0.29, 0.717) is 12.8 Å². The molecular weight excluding hydrogens is 689 g/mol. The van der Waals surface area contributed by atoms with Crippen molar-refractivity contribution in [3.8, 4) is 0 Å². The highest BCUT2D eigenvalue weighted by molar-refractivity contribution is 7.47. The van der Waals surface area contributed by atoms with Crippen LogP contribution in [0.25, 0.3) is 0 Å². The fourth-order valence-corrected chi connectivity index (χ4v) is 5.56. The van der Waals surface area contributed by atoms with Crippen molar-refractivity contribution in [1.29, 1.82) is 0 Å². The van der Waals surface area contributed by atoms with E-state index < -0.39 is 50.8 Å². The maximum atomic E-state index is 12.6. The zero-order valence-corrected chi connectivity index (χ0v) is 32.5. The number of aliphatic hydroxyl groups is 3. The van der Waals surface area contributed by atoms with Gasteiger partial charge >= 0.3 is 19.8 Å². The number of phosphoric acid groups is 1. The van der Waals surface area contributed by atoms with Crippen LogP contribution in [0.5, 0.6) is 0 Å². The Bertz CT molecular complexity index is 1090. The molecule has 0 aromatic carbocycles. The molecule has 0 aliphatic heterocycles. The van der Waals surface area contributed by atoms with Gasteiger partial charge in [0.05, 0.1) is 31.5 Å². The Morgan fingerprint density at radius 2 is 1.29 bits per heavy atom. The molecule has 52 heavy (non-hydrogen) atoms. The van der Waals surface area contributed by atoms with Gasteiger partial charge in [0.1, 0.15) is 6.61 Å². The molecule has 0 fully saturated rings. The standard InChI is InChI=1S/C39H68NO11P/c1-3-5-7-8-9-10-11-12-13-18-22-28-38(44)48-32-35(33-50-52(46,47)49-31-30-40)51-39(45)29-23-27-37(43)36(42)26-21-17-15-14-16-20-25-34(41)24-19-6-4-2/h6,14-17,19-21,25-26,34-37,41-43H,3-5,7-13,18,22-24,27-33,40H2,1-2H3,(H,46,47)/b16-14+,17-15-,19-6-,25-20+,26-21-/t34-,35+,36+,37+/m0/s1. The Kier molecular flexibility index (Phi) is 32.8. The lowest BCUT2D eigenvalue weighted by atomic mass is 10.1. The molecule has 1 unspecified atom stereocenters. The number of unbranched alkanes of at least 4 members (excludes halogenated alkanes) is 10. The summed E-state index contributed by atoms with van der Waals surface area (Å²) in [5, 5.41) is 30.3. The van der Waals surface area contributed by atoms with Gasteiger partial charge in [-0.05, 0) is 32.1 Å². The number of hydrogen-bond donors (Lipinski definition) is 5. The molecule has 0 rings (SSSR count). The van der Waals surface area contributed by atoms with Crippen LogP contribution < -0.4 is 5.73 Å². The smallest absolute Gasteiger partial charge is 0.462 e. The summed E-state index contributed by atoms with van der Waals surface area (Å²) in [6.45, 7) is 3.09. The first-order valence-electron chi connectivity index (χ1n) is 19.1. The molecule has 0 bridgehead atoms. The van der Waals surface area contributed by atoms with Crippen molar-refractivity contribution >= 4 is 19.8 Å². The number of ether oxygens (including phenoxy) is 2. The highest BCUT2D eigenvalue weighted by Crippen LogP contribution is 2.43. The quantitative estimate of drug-likeness (QED) is 0.0148. The molecule has 0 amide bonds. The van der Waals surface area contributed by atoms with Gasteiger partial charge in [-0.3, -0.25) is 18.6 Å². The second-order valence-corrected chi connectivity index (χ2v) is 14.1. The van der Waals surface area contributed by atoms with E-state index >= 15 is 0 Å². The van der Waals surface area contributed by atoms with Gasteiger partial charge < -0.3 is 35.4 Å². The monoisotopic (exact) mass is 757 g/mol. The maximum Gasteiger partial charge on any atom is 0.472 e. The van der Waals surface area contributed by atoms with Crippen molar-refractivity contribution < 1.29 is 52.9 Å². The molecule has 13 heteroatoms. The van der Waals surface area contributed by atoms with Crippen LogP contribution in [0.15, 0.2) is 60.8 Å². The highest BCUT2D eigenvalue weighted by atomic mass is 31.2. The third kappa shape index (κ3) is 32.3. The van der Waals surface area contributed by atoms with E-state index in [9.17, 15) is 34.4 Å². The SMILES string of the molecule is CC/C=C\C[C@H](O)/C=C/C=C/C=C\C=C/[C@@H](O)[C@H](O)CCCC(=O)O[C@H](COC(=O)CCCCCCCCCCCCC)COP(=O)(O)OCCN. The van der Waals surface area contributed by atoms with Gasteiger partial charge in [-0.15, -0.1) is 0 Å². The molecule has 0 aromatic rings. The van der Waals surface area contributed by atoms with Gasteiger partial charge in [0, 0.05) is 19.4 Å². The molecule has 5 atom stereocenters. The van der Waals surface area contributed by atoms with Crippen LogP contribution in [-0.2, 0) is 32.7 Å². The fraction of sp³-hybridized carbons (Fsp3) is 0.692. The zero-order valence-electron chi connectivity index (χ0n) is 31.6. The first-order chi connectivity index (χ1) is 25.0. The summed E-state index contributed by atoms with van der Waals surface area (Å²) in [4.78, 5) is 34.7. The summed E-state index contributed by atoms with van der Waals surface area (Å²) >= 11 is 0. The van der Waals surface area contributed by atoms with Crippen LogP contribution >= 0.6 is 7.82 Å². The first kappa shape index (κ1) is 49.6. The van der Waals surface area contributed by atoms with Gasteiger partial charge in [-0.1, -0.05) is 139 Å². The molecule has 0 radical (unpaired) electrons. The molecular formula is C39H68NO11P. The van der Waals surface area contributed by atoms with E-state index in [1.165, 1.54) is 51.0 Å². The summed E-state index contributed by atoms with van der Waals surface area (Å²) in [5.41, 5.74) is 5.31. The fourth-order valence-electron chi connectivity index (χ4n) is 4.80. The number of allylic oxidation sites excluding steroid dienone is 7. The maximum absolute atomic E-state index is 12.6. The number of carbonyl (C=O) groups is 2. The average molecular weight is 758 g/mol. The number of carbonyl (C=O) groups excluding carboxylic acids is 2. The summed E-state index contributed by atoms with van der Waals surface area (Å²) in [6, 6.07) is 0. The van der Waals surface area contributed by atoms with Crippen molar-refractivity contribution in [2.45, 2.75) is 147 Å². The minimum Gasteiger partial charge on any atom is -0.462 e. The van der Waals surface area contributed by atoms with Crippen LogP contribution in [0.4, 0.5) is 0 Å². The Morgan fingerprint density at radius 1 is 0.712 bits per heavy atom. The van der Waals surface area contributed by atoms with Crippen molar-refractivity contribution in [2.75, 3.05) is 26.4 Å². The Hall–Kier alpha value is -2.41. The Balaban J connectivity index is 4.62. The molecule has 6 N–H and O–H groups in total. The van der Waals surface area contributed by atoms with E-state index in [1.807, 2.05) is 19.1 Å². The van der Waals surface area contributed by atoms with Gasteiger partial charge in [-0.25, -0.2) is 4.57 Å². The van der Waals surface area contributed by atoms with Crippen molar-refractivity contribution in [2.24, 2.45) is 5.73 Å². The van der Waals surface area contributed by atoms with E-state index in [-0.39, 0.29) is 45.4 Å². The number of nitrogens with two attached hydrogens (primary N) is 1. The van der Waals surface area contributed by atoms with E-state index in [0.717, 1.165) is 25.7 Å². The number of aliphatic hydroxyl groups excluding tert-OH is 3. The summed E-state index contributed by atoms with van der Waals surface area (Å²) in [5.74, 6) is -1.17. The van der Waals surface area contributed by atoms with Crippen molar-refractivity contribution in [3.63, 3.8) is 0 Å². The lowest BCUT2D eigenvalue weighted by molar-refractivity contribution is -0.161. The molecule has 0 heterocycles. The number of esters is 2. The Morgan fingerprint density at radius 3 is 1.90 bits per heavy atom. The molecule has 0 saturated heterocycles. The van der Waals surface area contributed by atoms with Crippen LogP contribution in [0.2, 0.25) is 0 Å². The minimum absolute atomic E-state index is 0.00453. The molecule has 0 spiro atoms. The molecule has 0 aromatic heterocycles. The van der Waals surface area contributed by atoms with Gasteiger partial charge in [0.15, 0.2) is 6.10 Å². The van der Waals surface area contributed by atoms with Gasteiger partial charge in [0.2, 0.25) is 0 Å². The molecule has 300 valence electrons. The zero-order chi connectivity index (χ0) is 38.7. The van der Waals surface area contributed by atoms with E-state index in [4.69, 9.17) is 24.3 Å². The minimum atomic E-state index is -4.47. The number of hydrogen-bond acceptors (Lipinski definition) is 11. The third-order valence-corrected chi connectivity index (χ3v) is 8.74. The molecule has 12 nitrogen and oxygen atoms in total. The van der Waals surface area contributed by atoms with Crippen LogP contribution in [0, 0.1) is 0 Å². The summed E-state index contributed by atoms with van der Waals surface area (Å²) < 4.78 is 32.4. The number of rotatable bonds is 34. The second kappa shape index (κ2) is 34.4.